The van der Waals surface area contributed by atoms with Gasteiger partial charge in [0.1, 0.15) is 5.75 Å². The Morgan fingerprint density at radius 3 is 2.45 bits per heavy atom. The number of carbonyl (C=O) groups is 1. The molecule has 1 aliphatic heterocycles. The van der Waals surface area contributed by atoms with Crippen molar-refractivity contribution in [1.82, 2.24) is 4.31 Å². The van der Waals surface area contributed by atoms with Crippen molar-refractivity contribution in [3.63, 3.8) is 0 Å². The second-order valence-corrected chi connectivity index (χ2v) is 9.88. The maximum atomic E-state index is 12.8. The summed E-state index contributed by atoms with van der Waals surface area (Å²) in [6.07, 6.45) is 3.71. The highest BCUT2D eigenvalue weighted by Crippen LogP contribution is 2.26. The number of piperidine rings is 1. The molecule has 3 rings (SSSR count). The van der Waals surface area contributed by atoms with Gasteiger partial charge in [-0.2, -0.15) is 4.31 Å². The Kier molecular flexibility index (Phi) is 7.21. The van der Waals surface area contributed by atoms with E-state index in [0.29, 0.717) is 24.8 Å². The number of nitrogens with one attached hydrogen (secondary N) is 1. The summed E-state index contributed by atoms with van der Waals surface area (Å²) >= 11 is 1.55. The van der Waals surface area contributed by atoms with Gasteiger partial charge >= 0.3 is 0 Å². The predicted octanol–water partition coefficient (Wildman–Crippen LogP) is 3.85. The van der Waals surface area contributed by atoms with Crippen molar-refractivity contribution in [3.8, 4) is 5.75 Å². The Morgan fingerprint density at radius 2 is 1.79 bits per heavy atom. The number of amides is 1. The number of sulfonamides is 1. The molecule has 0 radical (unpaired) electrons. The molecule has 1 aliphatic rings. The van der Waals surface area contributed by atoms with Gasteiger partial charge in [-0.05, 0) is 61.4 Å². The van der Waals surface area contributed by atoms with Crippen molar-refractivity contribution in [3.05, 3.63) is 48.5 Å². The number of anilines is 1. The molecule has 1 N–H and O–H groups in total. The van der Waals surface area contributed by atoms with Crippen LogP contribution in [-0.4, -0.2) is 44.6 Å². The third-order valence-electron chi connectivity index (χ3n) is 4.96. The fraction of sp³-hybridized carbons (Fsp3) is 0.381. The molecule has 0 unspecified atom stereocenters. The van der Waals surface area contributed by atoms with Crippen LogP contribution in [0.25, 0.3) is 0 Å². The molecular weight excluding hydrogens is 408 g/mol. The summed E-state index contributed by atoms with van der Waals surface area (Å²) in [5, 5.41) is 2.83. The number of carbonyl (C=O) groups excluding carboxylic acids is 1. The molecule has 2 aromatic rings. The monoisotopic (exact) mass is 434 g/mol. The zero-order chi connectivity index (χ0) is 20.9. The van der Waals surface area contributed by atoms with Crippen LogP contribution in [-0.2, 0) is 14.8 Å². The van der Waals surface area contributed by atoms with Gasteiger partial charge in [0.25, 0.3) is 5.91 Å². The number of thioether (sulfide) groups is 1. The summed E-state index contributed by atoms with van der Waals surface area (Å²) in [5.41, 5.74) is 0.742. The van der Waals surface area contributed by atoms with Gasteiger partial charge < -0.3 is 10.1 Å². The molecule has 0 spiro atoms. The zero-order valence-corrected chi connectivity index (χ0v) is 18.3. The van der Waals surface area contributed by atoms with E-state index in [1.165, 1.54) is 12.1 Å². The van der Waals surface area contributed by atoms with E-state index in [2.05, 4.69) is 12.2 Å². The molecule has 0 aliphatic carbocycles. The van der Waals surface area contributed by atoms with E-state index in [9.17, 15) is 13.2 Å². The molecule has 156 valence electrons. The lowest BCUT2D eigenvalue weighted by molar-refractivity contribution is -0.118. The average Bonchev–Trinajstić information content (AvgIpc) is 2.73. The number of hydrogen-bond acceptors (Lipinski definition) is 5. The van der Waals surface area contributed by atoms with Gasteiger partial charge in [0.05, 0.1) is 10.6 Å². The van der Waals surface area contributed by atoms with E-state index < -0.39 is 10.0 Å². The highest BCUT2D eigenvalue weighted by Gasteiger charge is 2.27. The number of rotatable bonds is 7. The molecule has 2 aromatic carbocycles. The number of para-hydroxylation sites is 1. The topological polar surface area (TPSA) is 75.7 Å². The van der Waals surface area contributed by atoms with Crippen molar-refractivity contribution >= 4 is 33.4 Å². The van der Waals surface area contributed by atoms with E-state index in [1.54, 1.807) is 28.2 Å². The van der Waals surface area contributed by atoms with Gasteiger partial charge in [0.2, 0.25) is 10.0 Å². The zero-order valence-electron chi connectivity index (χ0n) is 16.6. The maximum Gasteiger partial charge on any atom is 0.262 e. The second kappa shape index (κ2) is 9.65. The largest absolute Gasteiger partial charge is 0.484 e. The van der Waals surface area contributed by atoms with Crippen molar-refractivity contribution < 1.29 is 17.9 Å². The summed E-state index contributed by atoms with van der Waals surface area (Å²) in [4.78, 5) is 13.4. The van der Waals surface area contributed by atoms with E-state index in [-0.39, 0.29) is 17.4 Å². The summed E-state index contributed by atoms with van der Waals surface area (Å²) in [5.74, 6) is 0.737. The van der Waals surface area contributed by atoms with E-state index >= 15 is 0 Å². The van der Waals surface area contributed by atoms with Crippen LogP contribution in [0, 0.1) is 5.92 Å². The van der Waals surface area contributed by atoms with Gasteiger partial charge in [-0.1, -0.05) is 19.1 Å². The normalized spacial score (nSPS) is 15.8. The summed E-state index contributed by atoms with van der Waals surface area (Å²) in [6, 6.07) is 13.8. The van der Waals surface area contributed by atoms with Gasteiger partial charge in [-0.25, -0.2) is 8.42 Å². The molecule has 8 heteroatoms. The second-order valence-electron chi connectivity index (χ2n) is 7.10. The summed E-state index contributed by atoms with van der Waals surface area (Å²) in [6.45, 7) is 3.10. The quantitative estimate of drug-likeness (QED) is 0.670. The minimum Gasteiger partial charge on any atom is -0.484 e. The highest BCUT2D eigenvalue weighted by atomic mass is 32.2. The van der Waals surface area contributed by atoms with Crippen LogP contribution in [0.5, 0.6) is 5.75 Å². The first-order valence-electron chi connectivity index (χ1n) is 9.56. The summed E-state index contributed by atoms with van der Waals surface area (Å²) in [7, 11) is -3.49. The molecule has 1 amide bonds. The van der Waals surface area contributed by atoms with Crippen LogP contribution in [0.2, 0.25) is 0 Å². The van der Waals surface area contributed by atoms with Crippen LogP contribution in [0.3, 0.4) is 0 Å². The predicted molar refractivity (Wildman–Crippen MR) is 116 cm³/mol. The Bertz CT molecular complexity index is 937. The molecule has 1 saturated heterocycles. The average molecular weight is 435 g/mol. The molecule has 6 nitrogen and oxygen atoms in total. The van der Waals surface area contributed by atoms with Crippen LogP contribution in [0.4, 0.5) is 5.69 Å². The van der Waals surface area contributed by atoms with Gasteiger partial charge in [-0.3, -0.25) is 4.79 Å². The standard InChI is InChI=1S/C21H26N2O4S2/c1-16-11-13-23(14-12-16)29(25,26)18-9-7-17(8-10-18)27-15-21(24)22-19-5-3-4-6-20(19)28-2/h3-10,16H,11-15H2,1-2H3,(H,22,24). The SMILES string of the molecule is CSc1ccccc1NC(=O)COc1ccc(S(=O)(=O)N2CCC(C)CC2)cc1. The molecular formula is C21H26N2O4S2. The number of benzene rings is 2. The smallest absolute Gasteiger partial charge is 0.262 e. The van der Waals surface area contributed by atoms with Crippen molar-refractivity contribution in [1.29, 1.82) is 0 Å². The Labute approximate surface area is 176 Å². The molecule has 29 heavy (non-hydrogen) atoms. The Balaban J connectivity index is 1.57. The Hall–Kier alpha value is -2.03. The van der Waals surface area contributed by atoms with E-state index in [4.69, 9.17) is 4.74 Å². The molecule has 1 fully saturated rings. The number of ether oxygens (including phenoxy) is 1. The molecule has 1 heterocycles. The minimum atomic E-state index is -3.49. The lowest BCUT2D eigenvalue weighted by Gasteiger charge is -2.29. The van der Waals surface area contributed by atoms with Crippen molar-refractivity contribution in [2.75, 3.05) is 31.3 Å². The number of hydrogen-bond donors (Lipinski definition) is 1. The molecule has 0 bridgehead atoms. The first kappa shape index (κ1) is 21.7. The first-order valence-corrected chi connectivity index (χ1v) is 12.2. The van der Waals surface area contributed by atoms with Gasteiger partial charge in [0.15, 0.2) is 6.61 Å². The molecule has 0 saturated carbocycles. The van der Waals surface area contributed by atoms with E-state index in [0.717, 1.165) is 23.4 Å². The minimum absolute atomic E-state index is 0.154. The summed E-state index contributed by atoms with van der Waals surface area (Å²) < 4.78 is 32.6. The van der Waals surface area contributed by atoms with Gasteiger partial charge in [-0.15, -0.1) is 11.8 Å². The number of nitrogens with zero attached hydrogens (tertiary/aromatic N) is 1. The van der Waals surface area contributed by atoms with Crippen LogP contribution >= 0.6 is 11.8 Å². The molecule has 0 atom stereocenters. The third-order valence-corrected chi connectivity index (χ3v) is 7.66. The first-order chi connectivity index (χ1) is 13.9. The van der Waals surface area contributed by atoms with Crippen LogP contribution in [0.15, 0.2) is 58.3 Å². The molecule has 0 aromatic heterocycles. The van der Waals surface area contributed by atoms with Gasteiger partial charge in [0, 0.05) is 18.0 Å². The van der Waals surface area contributed by atoms with Crippen molar-refractivity contribution in [2.24, 2.45) is 5.92 Å². The third kappa shape index (κ3) is 5.52. The van der Waals surface area contributed by atoms with Crippen LogP contribution < -0.4 is 10.1 Å². The lowest BCUT2D eigenvalue weighted by atomic mass is 10.0. The lowest BCUT2D eigenvalue weighted by Crippen LogP contribution is -2.37. The maximum absolute atomic E-state index is 12.8. The Morgan fingerprint density at radius 1 is 1.14 bits per heavy atom. The fourth-order valence-corrected chi connectivity index (χ4v) is 5.19. The fourth-order valence-electron chi connectivity index (χ4n) is 3.17. The van der Waals surface area contributed by atoms with E-state index in [1.807, 2.05) is 30.5 Å². The van der Waals surface area contributed by atoms with Crippen LogP contribution in [0.1, 0.15) is 19.8 Å². The van der Waals surface area contributed by atoms with Crippen molar-refractivity contribution in [2.45, 2.75) is 29.6 Å². The highest BCUT2D eigenvalue weighted by molar-refractivity contribution is 7.98.